The van der Waals surface area contributed by atoms with Crippen molar-refractivity contribution in [1.82, 2.24) is 0 Å². The van der Waals surface area contributed by atoms with Gasteiger partial charge in [-0.25, -0.2) is 9.38 Å². The average Bonchev–Trinajstić information content (AvgIpc) is 2.70. The normalized spacial score (nSPS) is 12.3. The highest BCUT2D eigenvalue weighted by Gasteiger charge is 2.07. The molecule has 0 aromatic heterocycles. The molecule has 3 rings (SSSR count). The lowest BCUT2D eigenvalue weighted by atomic mass is 10.2. The van der Waals surface area contributed by atoms with Gasteiger partial charge < -0.3 is 0 Å². The van der Waals surface area contributed by atoms with Gasteiger partial charge in [0.05, 0.1) is 5.69 Å². The first-order chi connectivity index (χ1) is 13.5. The van der Waals surface area contributed by atoms with Crippen LogP contribution in [0.3, 0.4) is 0 Å². The lowest BCUT2D eigenvalue weighted by molar-refractivity contribution is 0.626. The van der Waals surface area contributed by atoms with E-state index in [2.05, 4.69) is 62.6 Å². The topological polar surface area (TPSA) is 12.4 Å². The molecule has 0 unspecified atom stereocenters. The zero-order valence-electron chi connectivity index (χ0n) is 16.1. The van der Waals surface area contributed by atoms with Gasteiger partial charge in [-0.3, -0.25) is 0 Å². The van der Waals surface area contributed by atoms with Gasteiger partial charge in [-0.1, -0.05) is 58.9 Å². The molecule has 0 spiro atoms. The second-order valence-electron chi connectivity index (χ2n) is 6.54. The molecule has 0 bridgehead atoms. The molecule has 0 aliphatic heterocycles. The predicted octanol–water partition coefficient (Wildman–Crippen LogP) is 7.96. The van der Waals surface area contributed by atoms with E-state index in [0.29, 0.717) is 0 Å². The van der Waals surface area contributed by atoms with Crippen molar-refractivity contribution in [2.45, 2.75) is 30.6 Å². The number of rotatable bonds is 5. The predicted molar refractivity (Wildman–Crippen MR) is 121 cm³/mol. The summed E-state index contributed by atoms with van der Waals surface area (Å²) in [7, 11) is 0. The molecule has 142 valence electrons. The van der Waals surface area contributed by atoms with Crippen molar-refractivity contribution in [3.05, 3.63) is 101 Å². The monoisotopic (exact) mass is 407 g/mol. The SMILES string of the molecule is CC(=CSc1ccc(F)cc1)C(=Nc1ccc(C)cc1)Sc1ccc(C)cc1. The summed E-state index contributed by atoms with van der Waals surface area (Å²) in [4.78, 5) is 7.03. The fraction of sp³-hybridized carbons (Fsp3) is 0.125. The third kappa shape index (κ3) is 6.11. The minimum Gasteiger partial charge on any atom is -0.241 e. The Bertz CT molecular complexity index is 973. The van der Waals surface area contributed by atoms with Crippen LogP contribution in [0, 0.1) is 19.7 Å². The Balaban J connectivity index is 1.87. The Hall–Kier alpha value is -2.30. The molecular formula is C24H22FNS2. The largest absolute Gasteiger partial charge is 0.241 e. The Morgan fingerprint density at radius 1 is 0.786 bits per heavy atom. The number of aryl methyl sites for hydroxylation is 2. The number of aliphatic imine (C=N–C) groups is 1. The molecule has 0 atom stereocenters. The number of hydrogen-bond donors (Lipinski definition) is 0. The molecule has 1 nitrogen and oxygen atoms in total. The van der Waals surface area contributed by atoms with E-state index in [9.17, 15) is 4.39 Å². The summed E-state index contributed by atoms with van der Waals surface area (Å²) in [6.45, 7) is 6.21. The van der Waals surface area contributed by atoms with Gasteiger partial charge in [0.15, 0.2) is 0 Å². The van der Waals surface area contributed by atoms with E-state index in [1.165, 1.54) is 23.3 Å². The quantitative estimate of drug-likeness (QED) is 0.242. The molecule has 0 N–H and O–H groups in total. The number of halogens is 1. The fourth-order valence-electron chi connectivity index (χ4n) is 2.37. The van der Waals surface area contributed by atoms with Crippen LogP contribution in [0.2, 0.25) is 0 Å². The number of benzene rings is 3. The van der Waals surface area contributed by atoms with Crippen LogP contribution < -0.4 is 0 Å². The highest BCUT2D eigenvalue weighted by atomic mass is 32.2. The van der Waals surface area contributed by atoms with Crippen LogP contribution in [-0.2, 0) is 0 Å². The molecule has 0 amide bonds. The molecule has 0 radical (unpaired) electrons. The van der Waals surface area contributed by atoms with Gasteiger partial charge in [-0.05, 0) is 80.3 Å². The zero-order valence-corrected chi connectivity index (χ0v) is 17.8. The van der Waals surface area contributed by atoms with Crippen molar-refractivity contribution in [2.24, 2.45) is 4.99 Å². The van der Waals surface area contributed by atoms with E-state index >= 15 is 0 Å². The van der Waals surface area contributed by atoms with Crippen LogP contribution >= 0.6 is 23.5 Å². The maximum absolute atomic E-state index is 13.1. The first-order valence-corrected chi connectivity index (χ1v) is 10.7. The molecule has 0 saturated carbocycles. The standard InChI is InChI=1S/C24H22FNS2/c1-17-4-10-21(11-5-17)26-24(28-23-12-6-18(2)7-13-23)19(3)16-27-22-14-8-20(25)9-15-22/h4-16H,1-3H3. The molecule has 4 heteroatoms. The average molecular weight is 408 g/mol. The number of thioether (sulfide) groups is 2. The summed E-state index contributed by atoms with van der Waals surface area (Å²) >= 11 is 3.22. The van der Waals surface area contributed by atoms with Gasteiger partial charge in [0, 0.05) is 9.79 Å². The van der Waals surface area contributed by atoms with Crippen LogP contribution in [-0.4, -0.2) is 5.04 Å². The Kier molecular flexibility index (Phi) is 7.12. The molecule has 0 saturated heterocycles. The van der Waals surface area contributed by atoms with E-state index in [-0.39, 0.29) is 5.82 Å². The highest BCUT2D eigenvalue weighted by Crippen LogP contribution is 2.29. The number of hydrogen-bond acceptors (Lipinski definition) is 3. The minimum atomic E-state index is -0.221. The minimum absolute atomic E-state index is 0.221. The first-order valence-electron chi connectivity index (χ1n) is 8.99. The molecule has 3 aromatic rings. The van der Waals surface area contributed by atoms with Gasteiger partial charge in [0.1, 0.15) is 10.9 Å². The number of nitrogens with zero attached hydrogens (tertiary/aromatic N) is 1. The second-order valence-corrected chi connectivity index (χ2v) is 8.55. The lowest BCUT2D eigenvalue weighted by Gasteiger charge is -2.08. The molecule has 28 heavy (non-hydrogen) atoms. The van der Waals surface area contributed by atoms with Crippen molar-refractivity contribution in [1.29, 1.82) is 0 Å². The van der Waals surface area contributed by atoms with Crippen LogP contribution in [0.25, 0.3) is 0 Å². The van der Waals surface area contributed by atoms with Crippen LogP contribution in [0.1, 0.15) is 18.1 Å². The van der Waals surface area contributed by atoms with Gasteiger partial charge in [-0.2, -0.15) is 0 Å². The van der Waals surface area contributed by atoms with Crippen LogP contribution in [0.5, 0.6) is 0 Å². The Morgan fingerprint density at radius 3 is 1.93 bits per heavy atom. The lowest BCUT2D eigenvalue weighted by Crippen LogP contribution is -1.94. The third-order valence-electron chi connectivity index (χ3n) is 4.02. The first kappa shape index (κ1) is 20.4. The van der Waals surface area contributed by atoms with Gasteiger partial charge in [-0.15, -0.1) is 0 Å². The van der Waals surface area contributed by atoms with E-state index in [1.54, 1.807) is 35.7 Å². The highest BCUT2D eigenvalue weighted by molar-refractivity contribution is 8.14. The van der Waals surface area contributed by atoms with Crippen LogP contribution in [0.4, 0.5) is 10.1 Å². The Labute approximate surface area is 174 Å². The molecule has 0 heterocycles. The maximum atomic E-state index is 13.1. The van der Waals surface area contributed by atoms with Crippen molar-refractivity contribution < 1.29 is 4.39 Å². The van der Waals surface area contributed by atoms with Crippen LogP contribution in [0.15, 0.2) is 98.6 Å². The molecule has 0 fully saturated rings. The Morgan fingerprint density at radius 2 is 1.32 bits per heavy atom. The fourth-order valence-corrected chi connectivity index (χ4v) is 4.02. The molecule has 0 aliphatic carbocycles. The summed E-state index contributed by atoms with van der Waals surface area (Å²) in [6, 6.07) is 23.2. The molecule has 3 aromatic carbocycles. The second kappa shape index (κ2) is 9.76. The van der Waals surface area contributed by atoms with Gasteiger partial charge >= 0.3 is 0 Å². The smallest absolute Gasteiger partial charge is 0.123 e. The van der Waals surface area contributed by atoms with E-state index in [4.69, 9.17) is 4.99 Å². The summed E-state index contributed by atoms with van der Waals surface area (Å²) in [5.41, 5.74) is 4.45. The molecule has 0 aliphatic rings. The van der Waals surface area contributed by atoms with Gasteiger partial charge in [0.2, 0.25) is 0 Å². The third-order valence-corrected chi connectivity index (χ3v) is 6.15. The van der Waals surface area contributed by atoms with Crippen molar-refractivity contribution in [2.75, 3.05) is 0 Å². The summed E-state index contributed by atoms with van der Waals surface area (Å²) in [6.07, 6.45) is 0. The van der Waals surface area contributed by atoms with Crippen molar-refractivity contribution in [3.63, 3.8) is 0 Å². The van der Waals surface area contributed by atoms with Crippen molar-refractivity contribution >= 4 is 34.3 Å². The zero-order chi connectivity index (χ0) is 19.9. The van der Waals surface area contributed by atoms with E-state index in [1.807, 2.05) is 12.1 Å². The molecular weight excluding hydrogens is 385 g/mol. The van der Waals surface area contributed by atoms with Gasteiger partial charge in [0.25, 0.3) is 0 Å². The summed E-state index contributed by atoms with van der Waals surface area (Å²) < 4.78 is 13.1. The van der Waals surface area contributed by atoms with E-state index < -0.39 is 0 Å². The van der Waals surface area contributed by atoms with Crippen molar-refractivity contribution in [3.8, 4) is 0 Å². The summed E-state index contributed by atoms with van der Waals surface area (Å²) in [5, 5.41) is 3.02. The maximum Gasteiger partial charge on any atom is 0.123 e. The van der Waals surface area contributed by atoms with E-state index in [0.717, 1.165) is 26.1 Å². The summed E-state index contributed by atoms with van der Waals surface area (Å²) in [5.74, 6) is -0.221.